The van der Waals surface area contributed by atoms with E-state index in [2.05, 4.69) is 37.2 Å². The third-order valence-corrected chi connectivity index (χ3v) is 6.55. The van der Waals surface area contributed by atoms with Gasteiger partial charge in [-0.05, 0) is 57.3 Å². The van der Waals surface area contributed by atoms with E-state index in [9.17, 15) is 9.90 Å². The number of pyridine rings is 1. The van der Waals surface area contributed by atoms with Crippen molar-refractivity contribution >= 4 is 28.4 Å². The highest BCUT2D eigenvalue weighted by molar-refractivity contribution is 5.98. The number of aliphatic hydroxyl groups excluding tert-OH is 1. The number of benzene rings is 1. The lowest BCUT2D eigenvalue weighted by Gasteiger charge is -2.32. The second-order valence-corrected chi connectivity index (χ2v) is 9.41. The molecule has 10 heteroatoms. The van der Waals surface area contributed by atoms with Gasteiger partial charge in [0.1, 0.15) is 17.5 Å². The van der Waals surface area contributed by atoms with Gasteiger partial charge in [-0.25, -0.2) is 9.97 Å². The number of amides is 1. The summed E-state index contributed by atoms with van der Waals surface area (Å²) in [5.74, 6) is 1.05. The fourth-order valence-corrected chi connectivity index (χ4v) is 4.13. The number of hydrogen-bond acceptors (Lipinski definition) is 8. The lowest BCUT2D eigenvalue weighted by molar-refractivity contribution is 0.0604. The number of piperazine rings is 1. The number of H-pyrrole nitrogens is 1. The molecular weight excluding hydrogens is 470 g/mol. The van der Waals surface area contributed by atoms with Crippen LogP contribution in [0.2, 0.25) is 0 Å². The Morgan fingerprint density at radius 3 is 2.59 bits per heavy atom. The molecule has 1 amide bonds. The predicted octanol–water partition coefficient (Wildman–Crippen LogP) is 3.30. The second-order valence-electron chi connectivity index (χ2n) is 9.41. The Morgan fingerprint density at radius 2 is 1.81 bits per heavy atom. The summed E-state index contributed by atoms with van der Waals surface area (Å²) in [6.07, 6.45) is 2.37. The highest BCUT2D eigenvalue weighted by Crippen LogP contribution is 2.25. The molecule has 1 aliphatic heterocycles. The third-order valence-electron chi connectivity index (χ3n) is 6.55. The van der Waals surface area contributed by atoms with Gasteiger partial charge in [0.15, 0.2) is 0 Å². The Bertz CT molecular complexity index is 1400. The summed E-state index contributed by atoms with van der Waals surface area (Å²) in [4.78, 5) is 33.7. The molecule has 3 aromatic heterocycles. The van der Waals surface area contributed by atoms with Crippen LogP contribution in [-0.4, -0.2) is 86.2 Å². The van der Waals surface area contributed by atoms with E-state index >= 15 is 0 Å². The summed E-state index contributed by atoms with van der Waals surface area (Å²) < 4.78 is 5.79. The smallest absolute Gasteiger partial charge is 0.270 e. The van der Waals surface area contributed by atoms with Crippen molar-refractivity contribution in [2.75, 3.05) is 38.5 Å². The Labute approximate surface area is 215 Å². The fourth-order valence-electron chi connectivity index (χ4n) is 4.13. The maximum absolute atomic E-state index is 13.0. The van der Waals surface area contributed by atoms with E-state index in [1.54, 1.807) is 37.5 Å². The second kappa shape index (κ2) is 10.5. The van der Waals surface area contributed by atoms with Crippen molar-refractivity contribution in [1.29, 1.82) is 0 Å². The molecule has 5 rings (SSSR count). The van der Waals surface area contributed by atoms with Crippen LogP contribution in [0, 0.1) is 0 Å². The predicted molar refractivity (Wildman–Crippen MR) is 142 cm³/mol. The Kier molecular flexibility index (Phi) is 7.02. The molecule has 0 saturated carbocycles. The molecule has 0 aliphatic carbocycles. The summed E-state index contributed by atoms with van der Waals surface area (Å²) >= 11 is 0. The van der Waals surface area contributed by atoms with Gasteiger partial charge in [0.05, 0.1) is 17.5 Å². The zero-order valence-corrected chi connectivity index (χ0v) is 21.2. The first-order valence-electron chi connectivity index (χ1n) is 12.4. The van der Waals surface area contributed by atoms with Crippen LogP contribution >= 0.6 is 0 Å². The molecular formula is C27H31N7O3. The molecule has 0 bridgehead atoms. The van der Waals surface area contributed by atoms with Crippen LogP contribution in [0.25, 0.3) is 22.3 Å². The van der Waals surface area contributed by atoms with E-state index in [1.165, 1.54) is 0 Å². The van der Waals surface area contributed by atoms with Crippen LogP contribution < -0.4 is 10.1 Å². The van der Waals surface area contributed by atoms with Gasteiger partial charge in [0.2, 0.25) is 5.95 Å². The first kappa shape index (κ1) is 24.7. The quantitative estimate of drug-likeness (QED) is 0.353. The van der Waals surface area contributed by atoms with Gasteiger partial charge in [-0.1, -0.05) is 0 Å². The highest BCUT2D eigenvalue weighted by atomic mass is 16.5. The Balaban J connectivity index is 1.31. The standard InChI is InChI=1S/C27H31N7O3/c1-17(35)18(2)37-21-6-8-28-24(16-21)23-7-9-29-27(32-23)30-20-4-5-22-19(14-20)15-25(31-22)26(36)34-12-10-33(3)11-13-34/h4-9,14-18,31,35H,10-13H2,1-3H3,(H,29,30,32)/t17-,18?/m1/s1. The third kappa shape index (κ3) is 5.71. The van der Waals surface area contributed by atoms with Gasteiger partial charge in [-0.15, -0.1) is 0 Å². The number of aromatic nitrogens is 4. The van der Waals surface area contributed by atoms with Crippen LogP contribution in [0.15, 0.2) is 54.9 Å². The lowest BCUT2D eigenvalue weighted by Crippen LogP contribution is -2.47. The summed E-state index contributed by atoms with van der Waals surface area (Å²) in [6.45, 7) is 6.72. The summed E-state index contributed by atoms with van der Waals surface area (Å²) in [5, 5.41) is 13.9. The first-order chi connectivity index (χ1) is 17.9. The van der Waals surface area contributed by atoms with Crippen molar-refractivity contribution in [3.8, 4) is 17.1 Å². The van der Waals surface area contributed by atoms with Gasteiger partial charge in [0.25, 0.3) is 5.91 Å². The van der Waals surface area contributed by atoms with E-state index in [1.807, 2.05) is 36.1 Å². The first-order valence-corrected chi connectivity index (χ1v) is 12.4. The number of nitrogens with zero attached hydrogens (tertiary/aromatic N) is 5. The number of fused-ring (bicyclic) bond motifs is 1. The fraction of sp³-hybridized carbons (Fsp3) is 0.333. The molecule has 192 valence electrons. The van der Waals surface area contributed by atoms with E-state index in [4.69, 9.17) is 4.74 Å². The number of anilines is 2. The molecule has 1 aromatic carbocycles. The highest BCUT2D eigenvalue weighted by Gasteiger charge is 2.21. The summed E-state index contributed by atoms with van der Waals surface area (Å²) in [5.41, 5.74) is 3.56. The minimum absolute atomic E-state index is 0.0244. The van der Waals surface area contributed by atoms with Crippen LogP contribution in [0.1, 0.15) is 24.3 Å². The van der Waals surface area contributed by atoms with Crippen LogP contribution in [0.5, 0.6) is 5.75 Å². The van der Waals surface area contributed by atoms with Crippen LogP contribution in [0.4, 0.5) is 11.6 Å². The Hall–Kier alpha value is -4.02. The molecule has 1 saturated heterocycles. The lowest BCUT2D eigenvalue weighted by atomic mass is 10.2. The zero-order chi connectivity index (χ0) is 25.9. The number of carbonyl (C=O) groups is 1. The molecule has 1 fully saturated rings. The normalized spacial score (nSPS) is 15.9. The van der Waals surface area contributed by atoms with Crippen LogP contribution in [-0.2, 0) is 0 Å². The monoisotopic (exact) mass is 501 g/mol. The van der Waals surface area contributed by atoms with Crippen molar-refractivity contribution in [1.82, 2.24) is 29.7 Å². The SMILES string of the molecule is CC(Oc1ccnc(-c2ccnc(Nc3ccc4[nH]c(C(=O)N5CCN(C)CC5)cc4c3)n2)c1)[C@@H](C)O. The van der Waals surface area contributed by atoms with Crippen LogP contribution in [0.3, 0.4) is 0 Å². The number of likely N-dealkylation sites (N-methyl/N-ethyl adjacent to an activating group) is 1. The largest absolute Gasteiger partial charge is 0.488 e. The maximum Gasteiger partial charge on any atom is 0.270 e. The molecule has 37 heavy (non-hydrogen) atoms. The van der Waals surface area contributed by atoms with Crippen molar-refractivity contribution in [3.05, 3.63) is 60.6 Å². The number of rotatable bonds is 7. The number of carbonyl (C=O) groups excluding carboxylic acids is 1. The van der Waals surface area contributed by atoms with E-state index in [-0.39, 0.29) is 12.0 Å². The van der Waals surface area contributed by atoms with Gasteiger partial charge >= 0.3 is 0 Å². The average molecular weight is 502 g/mol. The molecule has 10 nitrogen and oxygen atoms in total. The minimum atomic E-state index is -0.593. The van der Waals surface area contributed by atoms with Gasteiger partial charge in [0, 0.05) is 61.2 Å². The Morgan fingerprint density at radius 1 is 1.03 bits per heavy atom. The average Bonchev–Trinajstić information content (AvgIpc) is 3.32. The summed E-state index contributed by atoms with van der Waals surface area (Å²) in [7, 11) is 2.07. The molecule has 1 unspecified atom stereocenters. The number of hydrogen-bond donors (Lipinski definition) is 3. The van der Waals surface area contributed by atoms with Crippen molar-refractivity contribution in [3.63, 3.8) is 0 Å². The maximum atomic E-state index is 13.0. The molecule has 4 aromatic rings. The van der Waals surface area contributed by atoms with Gasteiger partial charge in [-0.3, -0.25) is 9.78 Å². The number of aliphatic hydroxyl groups is 1. The minimum Gasteiger partial charge on any atom is -0.488 e. The topological polar surface area (TPSA) is 120 Å². The molecule has 2 atom stereocenters. The van der Waals surface area contributed by atoms with E-state index in [0.717, 1.165) is 42.8 Å². The van der Waals surface area contributed by atoms with Crippen molar-refractivity contribution in [2.24, 2.45) is 0 Å². The molecule has 0 spiro atoms. The summed E-state index contributed by atoms with van der Waals surface area (Å²) in [6, 6.07) is 13.0. The number of nitrogens with one attached hydrogen (secondary N) is 2. The van der Waals surface area contributed by atoms with Gasteiger partial charge in [-0.2, -0.15) is 0 Å². The molecule has 1 aliphatic rings. The number of aromatic amines is 1. The van der Waals surface area contributed by atoms with Crippen molar-refractivity contribution in [2.45, 2.75) is 26.1 Å². The van der Waals surface area contributed by atoms with E-state index in [0.29, 0.717) is 28.8 Å². The van der Waals surface area contributed by atoms with Gasteiger partial charge < -0.3 is 29.9 Å². The molecule has 3 N–H and O–H groups in total. The zero-order valence-electron chi connectivity index (χ0n) is 21.2. The molecule has 0 radical (unpaired) electrons. The van der Waals surface area contributed by atoms with Crippen molar-refractivity contribution < 1.29 is 14.6 Å². The number of ether oxygens (including phenoxy) is 1. The molecule has 4 heterocycles. The van der Waals surface area contributed by atoms with E-state index < -0.39 is 6.10 Å².